The molecule has 0 aliphatic carbocycles. The molecule has 0 spiro atoms. The van der Waals surface area contributed by atoms with Crippen LogP contribution in [0.25, 0.3) is 0 Å². The van der Waals surface area contributed by atoms with Crippen LogP contribution in [0.1, 0.15) is 34.6 Å². The molecule has 87 valence electrons. The van der Waals surface area contributed by atoms with Gasteiger partial charge in [0.25, 0.3) is 5.91 Å². The highest BCUT2D eigenvalue weighted by atomic mass is 16.6. The number of nitrogens with zero attached hydrogens (tertiary/aromatic N) is 1. The van der Waals surface area contributed by atoms with E-state index in [9.17, 15) is 9.59 Å². The molecule has 0 fully saturated rings. The molecule has 5 nitrogen and oxygen atoms in total. The van der Waals surface area contributed by atoms with Gasteiger partial charge in [-0.15, -0.1) is 5.32 Å². The van der Waals surface area contributed by atoms with E-state index in [0.29, 0.717) is 0 Å². The minimum atomic E-state index is -0.886. The number of ether oxygens (including phenoxy) is 1. The summed E-state index contributed by atoms with van der Waals surface area (Å²) in [5.41, 5.74) is 4.87. The lowest BCUT2D eigenvalue weighted by atomic mass is 10.1. The highest BCUT2D eigenvalue weighted by molar-refractivity contribution is 5.94. The third-order valence-corrected chi connectivity index (χ3v) is 1.60. The van der Waals surface area contributed by atoms with E-state index >= 15 is 0 Å². The van der Waals surface area contributed by atoms with E-state index in [2.05, 4.69) is 5.32 Å². The minimum Gasteiger partial charge on any atom is -0.442 e. The van der Waals surface area contributed by atoms with Crippen LogP contribution in [-0.4, -0.2) is 23.6 Å². The summed E-state index contributed by atoms with van der Waals surface area (Å²) in [6, 6.07) is -0.752. The Labute approximate surface area is 90.4 Å². The van der Waals surface area contributed by atoms with E-state index in [1.165, 1.54) is 0 Å². The summed E-state index contributed by atoms with van der Waals surface area (Å²) < 4.78 is 4.86. The molecule has 0 bridgehead atoms. The van der Waals surface area contributed by atoms with Crippen LogP contribution in [0, 0.1) is 5.92 Å². The maximum Gasteiger partial charge on any atom is 0.437 e. The zero-order valence-corrected chi connectivity index (χ0v) is 9.90. The van der Waals surface area contributed by atoms with Crippen molar-refractivity contribution >= 4 is 12.0 Å². The number of amides is 2. The van der Waals surface area contributed by atoms with Crippen LogP contribution >= 0.6 is 0 Å². The Kier molecular flexibility index (Phi) is 4.74. The van der Waals surface area contributed by atoms with Gasteiger partial charge in [0.1, 0.15) is 5.60 Å². The quantitative estimate of drug-likeness (QED) is 0.745. The Morgan fingerprint density at radius 1 is 1.27 bits per heavy atom. The fourth-order valence-corrected chi connectivity index (χ4v) is 0.734. The molecule has 5 heteroatoms. The van der Waals surface area contributed by atoms with Gasteiger partial charge in [0, 0.05) is 0 Å². The fourth-order valence-electron chi connectivity index (χ4n) is 0.734. The monoisotopic (exact) mass is 215 g/mol. The fraction of sp³-hybridized carbons (Fsp3) is 0.800. The molecular formula is C10H19N2O3. The topological polar surface area (TPSA) is 83.5 Å². The summed E-state index contributed by atoms with van der Waals surface area (Å²) >= 11 is 0. The van der Waals surface area contributed by atoms with Crippen molar-refractivity contribution in [2.75, 3.05) is 0 Å². The molecule has 0 aromatic carbocycles. The molecule has 0 aromatic heterocycles. The number of imide groups is 1. The highest BCUT2D eigenvalue weighted by Gasteiger charge is 2.24. The molecular weight excluding hydrogens is 196 g/mol. The summed E-state index contributed by atoms with van der Waals surface area (Å²) in [6.45, 7) is 8.67. The SMILES string of the molecule is CC(C)[C@H](N)C(=O)[N]C(=O)OC(C)(C)C. The predicted octanol–water partition coefficient (Wildman–Crippen LogP) is 1.04. The van der Waals surface area contributed by atoms with Gasteiger partial charge in [-0.2, -0.15) is 0 Å². The second kappa shape index (κ2) is 5.11. The number of rotatable bonds is 2. The van der Waals surface area contributed by atoms with E-state index in [1.54, 1.807) is 34.6 Å². The van der Waals surface area contributed by atoms with E-state index in [4.69, 9.17) is 10.5 Å². The lowest BCUT2D eigenvalue weighted by molar-refractivity contribution is -0.123. The van der Waals surface area contributed by atoms with Crippen molar-refractivity contribution in [1.82, 2.24) is 5.32 Å². The molecule has 15 heavy (non-hydrogen) atoms. The summed E-state index contributed by atoms with van der Waals surface area (Å²) in [5.74, 6) is -0.692. The molecule has 1 radical (unpaired) electrons. The van der Waals surface area contributed by atoms with Crippen LogP contribution in [0.15, 0.2) is 0 Å². The van der Waals surface area contributed by atoms with Gasteiger partial charge in [-0.05, 0) is 26.7 Å². The van der Waals surface area contributed by atoms with Crippen molar-refractivity contribution in [1.29, 1.82) is 0 Å². The molecule has 0 saturated heterocycles. The van der Waals surface area contributed by atoms with Crippen LogP contribution in [0.2, 0.25) is 0 Å². The van der Waals surface area contributed by atoms with Gasteiger partial charge in [-0.3, -0.25) is 4.79 Å². The van der Waals surface area contributed by atoms with Crippen molar-refractivity contribution in [2.24, 2.45) is 11.7 Å². The van der Waals surface area contributed by atoms with Gasteiger partial charge in [0.15, 0.2) is 0 Å². The molecule has 0 rings (SSSR count). The first-order valence-electron chi connectivity index (χ1n) is 4.87. The highest BCUT2D eigenvalue weighted by Crippen LogP contribution is 2.07. The lowest BCUT2D eigenvalue weighted by Crippen LogP contribution is -2.43. The smallest absolute Gasteiger partial charge is 0.437 e. The molecule has 1 atom stereocenters. The second-order valence-corrected chi connectivity index (χ2v) is 4.70. The summed E-state index contributed by atoms with van der Waals surface area (Å²) in [4.78, 5) is 22.4. The second-order valence-electron chi connectivity index (χ2n) is 4.70. The molecule has 2 N–H and O–H groups in total. The summed E-state index contributed by atoms with van der Waals surface area (Å²) in [6.07, 6.45) is -0.886. The number of hydrogen-bond donors (Lipinski definition) is 1. The Balaban J connectivity index is 4.14. The van der Waals surface area contributed by atoms with Gasteiger partial charge in [0.2, 0.25) is 0 Å². The third kappa shape index (κ3) is 6.06. The van der Waals surface area contributed by atoms with Crippen molar-refractivity contribution in [2.45, 2.75) is 46.3 Å². The van der Waals surface area contributed by atoms with Gasteiger partial charge in [-0.1, -0.05) is 13.8 Å². The van der Waals surface area contributed by atoms with E-state index in [1.807, 2.05) is 0 Å². The van der Waals surface area contributed by atoms with Gasteiger partial charge in [0.05, 0.1) is 6.04 Å². The van der Waals surface area contributed by atoms with E-state index < -0.39 is 23.6 Å². The first-order valence-corrected chi connectivity index (χ1v) is 4.87. The first kappa shape index (κ1) is 13.9. The third-order valence-electron chi connectivity index (χ3n) is 1.60. The molecule has 0 saturated carbocycles. The van der Waals surface area contributed by atoms with Crippen LogP contribution in [0.3, 0.4) is 0 Å². The summed E-state index contributed by atoms with van der Waals surface area (Å²) in [5, 5.41) is 3.26. The molecule has 0 aromatic rings. The van der Waals surface area contributed by atoms with E-state index in [0.717, 1.165) is 0 Å². The summed E-state index contributed by atoms with van der Waals surface area (Å²) in [7, 11) is 0. The van der Waals surface area contributed by atoms with Gasteiger partial charge >= 0.3 is 6.09 Å². The number of nitrogens with two attached hydrogens (primary N) is 1. The van der Waals surface area contributed by atoms with Crippen LogP contribution in [0.4, 0.5) is 4.79 Å². The maximum absolute atomic E-state index is 11.3. The van der Waals surface area contributed by atoms with E-state index in [-0.39, 0.29) is 5.92 Å². The average molecular weight is 215 g/mol. The predicted molar refractivity (Wildman–Crippen MR) is 56.2 cm³/mol. The van der Waals surface area contributed by atoms with Crippen molar-refractivity contribution in [3.8, 4) is 0 Å². The molecule has 0 aliphatic heterocycles. The van der Waals surface area contributed by atoms with Crippen LogP contribution in [-0.2, 0) is 9.53 Å². The minimum absolute atomic E-state index is 0.0521. The maximum atomic E-state index is 11.3. The molecule has 0 aliphatic rings. The molecule has 0 unspecified atom stereocenters. The largest absolute Gasteiger partial charge is 0.442 e. The first-order chi connectivity index (χ1) is 6.63. The Hall–Kier alpha value is -1.10. The van der Waals surface area contributed by atoms with Gasteiger partial charge < -0.3 is 10.5 Å². The normalized spacial score (nSPS) is 13.5. The zero-order valence-electron chi connectivity index (χ0n) is 9.90. The average Bonchev–Trinajstić information content (AvgIpc) is 1.98. The molecule has 0 heterocycles. The van der Waals surface area contributed by atoms with Crippen LogP contribution < -0.4 is 11.1 Å². The Morgan fingerprint density at radius 3 is 2.07 bits per heavy atom. The van der Waals surface area contributed by atoms with Crippen molar-refractivity contribution in [3.63, 3.8) is 0 Å². The van der Waals surface area contributed by atoms with Crippen molar-refractivity contribution in [3.05, 3.63) is 0 Å². The van der Waals surface area contributed by atoms with Crippen LogP contribution in [0.5, 0.6) is 0 Å². The van der Waals surface area contributed by atoms with Crippen molar-refractivity contribution < 1.29 is 14.3 Å². The number of carbonyl (C=O) groups excluding carboxylic acids is 2. The number of hydrogen-bond acceptors (Lipinski definition) is 4. The lowest BCUT2D eigenvalue weighted by Gasteiger charge is -2.19. The molecule has 2 amide bonds. The Morgan fingerprint density at radius 2 is 1.73 bits per heavy atom. The number of carbonyl (C=O) groups is 2. The Bertz CT molecular complexity index is 244. The standard InChI is InChI=1S/C10H19N2O3/c1-6(2)7(11)8(13)12-9(14)15-10(3,4)5/h6-7H,11H2,1-5H3/t7-/m0/s1. The van der Waals surface area contributed by atoms with Gasteiger partial charge in [-0.25, -0.2) is 4.79 Å². The zero-order chi connectivity index (χ0) is 12.2.